The van der Waals surface area contributed by atoms with E-state index >= 15 is 0 Å². The molecule has 18 heavy (non-hydrogen) atoms. The molecule has 0 saturated carbocycles. The summed E-state index contributed by atoms with van der Waals surface area (Å²) in [5, 5.41) is 10.9. The molecule has 0 spiro atoms. The molecule has 0 bridgehead atoms. The average molecular weight is 264 g/mol. The van der Waals surface area contributed by atoms with Crippen LogP contribution in [-0.2, 0) is 6.42 Å². The summed E-state index contributed by atoms with van der Waals surface area (Å²) >= 11 is 5.91. The van der Waals surface area contributed by atoms with Gasteiger partial charge in [0.15, 0.2) is 0 Å². The fraction of sp³-hybridized carbons (Fsp3) is 0.214. The van der Waals surface area contributed by atoms with Crippen molar-refractivity contribution in [3.05, 3.63) is 58.7 Å². The summed E-state index contributed by atoms with van der Waals surface area (Å²) in [6.45, 7) is 0. The second-order valence-electron chi connectivity index (χ2n) is 3.95. The van der Waals surface area contributed by atoms with Crippen LogP contribution in [-0.4, -0.2) is 17.2 Å². The number of aliphatic hydroxyl groups excluding tert-OH is 1. The van der Waals surface area contributed by atoms with E-state index in [0.29, 0.717) is 22.9 Å². The van der Waals surface area contributed by atoms with Gasteiger partial charge in [-0.3, -0.25) is 0 Å². The molecule has 0 aliphatic carbocycles. The largest absolute Gasteiger partial charge is 0.481 e. The van der Waals surface area contributed by atoms with Crippen LogP contribution in [0.15, 0.2) is 42.6 Å². The summed E-state index contributed by atoms with van der Waals surface area (Å²) in [6.07, 6.45) is 1.45. The maximum absolute atomic E-state index is 10.2. The number of ether oxygens (including phenoxy) is 1. The summed E-state index contributed by atoms with van der Waals surface area (Å²) in [5.41, 5.74) is 1.65. The number of aromatic nitrogens is 1. The third-order valence-electron chi connectivity index (χ3n) is 2.67. The topological polar surface area (TPSA) is 42.4 Å². The number of hydrogen-bond donors (Lipinski definition) is 1. The lowest BCUT2D eigenvalue weighted by molar-refractivity contribution is 0.173. The van der Waals surface area contributed by atoms with Gasteiger partial charge >= 0.3 is 0 Å². The Morgan fingerprint density at radius 3 is 2.89 bits per heavy atom. The molecule has 94 valence electrons. The summed E-state index contributed by atoms with van der Waals surface area (Å²) in [7, 11) is 1.54. The van der Waals surface area contributed by atoms with Crippen LogP contribution in [0.2, 0.25) is 5.02 Å². The summed E-state index contributed by atoms with van der Waals surface area (Å²) in [5.74, 6) is 0.451. The lowest BCUT2D eigenvalue weighted by atomic mass is 10.0. The van der Waals surface area contributed by atoms with Gasteiger partial charge in [-0.15, -0.1) is 0 Å². The fourth-order valence-corrected chi connectivity index (χ4v) is 2.04. The molecule has 1 unspecified atom stereocenters. The van der Waals surface area contributed by atoms with E-state index in [9.17, 15) is 5.11 Å². The third kappa shape index (κ3) is 3.00. The highest BCUT2D eigenvalue weighted by Gasteiger charge is 2.14. The van der Waals surface area contributed by atoms with Crippen LogP contribution in [0, 0.1) is 0 Å². The van der Waals surface area contributed by atoms with Gasteiger partial charge in [0.1, 0.15) is 0 Å². The Morgan fingerprint density at radius 1 is 1.33 bits per heavy atom. The van der Waals surface area contributed by atoms with Gasteiger partial charge in [-0.05, 0) is 29.8 Å². The smallest absolute Gasteiger partial charge is 0.218 e. The number of pyridine rings is 1. The summed E-state index contributed by atoms with van der Waals surface area (Å²) < 4.78 is 5.13. The number of hydrogen-bond acceptors (Lipinski definition) is 3. The standard InChI is InChI=1S/C14H14ClNO2/c1-18-14-12(6-3-7-16-14)13(17)9-10-4-2-5-11(15)8-10/h2-8,13,17H,9H2,1H3. The Labute approximate surface area is 111 Å². The van der Waals surface area contributed by atoms with E-state index in [4.69, 9.17) is 16.3 Å². The molecule has 2 aromatic rings. The van der Waals surface area contributed by atoms with Crippen molar-refractivity contribution in [3.8, 4) is 5.88 Å². The van der Waals surface area contributed by atoms with Crippen molar-refractivity contribution in [2.45, 2.75) is 12.5 Å². The van der Waals surface area contributed by atoms with Gasteiger partial charge in [0, 0.05) is 23.2 Å². The molecule has 1 heterocycles. The van der Waals surface area contributed by atoms with Crippen molar-refractivity contribution < 1.29 is 9.84 Å². The van der Waals surface area contributed by atoms with E-state index in [1.165, 1.54) is 7.11 Å². The van der Waals surface area contributed by atoms with E-state index in [0.717, 1.165) is 5.56 Å². The number of methoxy groups -OCH3 is 1. The molecule has 0 fully saturated rings. The molecule has 0 amide bonds. The van der Waals surface area contributed by atoms with Crippen molar-refractivity contribution in [3.63, 3.8) is 0 Å². The highest BCUT2D eigenvalue weighted by atomic mass is 35.5. The average Bonchev–Trinajstić information content (AvgIpc) is 2.38. The molecule has 0 saturated heterocycles. The van der Waals surface area contributed by atoms with Crippen molar-refractivity contribution in [1.82, 2.24) is 4.98 Å². The first-order valence-corrected chi connectivity index (χ1v) is 6.00. The number of aliphatic hydroxyl groups is 1. The summed E-state index contributed by atoms with van der Waals surface area (Å²) in [4.78, 5) is 4.07. The predicted molar refractivity (Wildman–Crippen MR) is 70.9 cm³/mol. The van der Waals surface area contributed by atoms with Crippen LogP contribution in [0.1, 0.15) is 17.2 Å². The molecule has 1 N–H and O–H groups in total. The van der Waals surface area contributed by atoms with Crippen LogP contribution in [0.3, 0.4) is 0 Å². The normalized spacial score (nSPS) is 12.2. The second kappa shape index (κ2) is 5.85. The second-order valence-corrected chi connectivity index (χ2v) is 4.39. The molecule has 1 atom stereocenters. The number of rotatable bonds is 4. The minimum atomic E-state index is -0.660. The lowest BCUT2D eigenvalue weighted by Gasteiger charge is -2.13. The Balaban J connectivity index is 2.19. The Bertz CT molecular complexity index is 531. The monoisotopic (exact) mass is 263 g/mol. The van der Waals surface area contributed by atoms with Gasteiger partial charge in [0.05, 0.1) is 13.2 Å². The maximum atomic E-state index is 10.2. The minimum absolute atomic E-state index is 0.451. The van der Waals surface area contributed by atoms with Crippen LogP contribution in [0.4, 0.5) is 0 Å². The first-order chi connectivity index (χ1) is 8.70. The molecule has 0 radical (unpaired) electrons. The van der Waals surface area contributed by atoms with Crippen molar-refractivity contribution >= 4 is 11.6 Å². The SMILES string of the molecule is COc1ncccc1C(O)Cc1cccc(Cl)c1. The van der Waals surface area contributed by atoms with E-state index in [1.807, 2.05) is 24.3 Å². The lowest BCUT2D eigenvalue weighted by Crippen LogP contribution is -2.05. The molecular weight excluding hydrogens is 250 g/mol. The van der Waals surface area contributed by atoms with Gasteiger partial charge in [0.2, 0.25) is 5.88 Å². The maximum Gasteiger partial charge on any atom is 0.218 e. The van der Waals surface area contributed by atoms with Gasteiger partial charge < -0.3 is 9.84 Å². The van der Waals surface area contributed by atoms with Gasteiger partial charge in [-0.2, -0.15) is 0 Å². The van der Waals surface area contributed by atoms with Gasteiger partial charge in [0.25, 0.3) is 0 Å². The Kier molecular flexibility index (Phi) is 4.18. The summed E-state index contributed by atoms with van der Waals surface area (Å²) in [6, 6.07) is 11.0. The van der Waals surface area contributed by atoms with Crippen LogP contribution in [0.5, 0.6) is 5.88 Å². The third-order valence-corrected chi connectivity index (χ3v) is 2.91. The molecular formula is C14H14ClNO2. The van der Waals surface area contributed by atoms with E-state index in [-0.39, 0.29) is 0 Å². The van der Waals surface area contributed by atoms with Crippen molar-refractivity contribution in [2.24, 2.45) is 0 Å². The van der Waals surface area contributed by atoms with Crippen molar-refractivity contribution in [1.29, 1.82) is 0 Å². The Morgan fingerprint density at radius 2 is 2.17 bits per heavy atom. The fourth-order valence-electron chi connectivity index (χ4n) is 1.82. The molecule has 3 nitrogen and oxygen atoms in total. The molecule has 2 rings (SSSR count). The number of halogens is 1. The van der Waals surface area contributed by atoms with Crippen LogP contribution >= 0.6 is 11.6 Å². The van der Waals surface area contributed by atoms with Crippen LogP contribution < -0.4 is 4.74 Å². The first kappa shape index (κ1) is 12.9. The number of nitrogens with zero attached hydrogens (tertiary/aromatic N) is 1. The minimum Gasteiger partial charge on any atom is -0.481 e. The predicted octanol–water partition coefficient (Wildman–Crippen LogP) is 3.02. The highest BCUT2D eigenvalue weighted by Crippen LogP contribution is 2.25. The quantitative estimate of drug-likeness (QED) is 0.922. The molecule has 1 aromatic carbocycles. The number of benzene rings is 1. The van der Waals surface area contributed by atoms with E-state index in [2.05, 4.69) is 4.98 Å². The van der Waals surface area contributed by atoms with Gasteiger partial charge in [-0.25, -0.2) is 4.98 Å². The van der Waals surface area contributed by atoms with E-state index in [1.54, 1.807) is 18.3 Å². The van der Waals surface area contributed by atoms with E-state index < -0.39 is 6.10 Å². The Hall–Kier alpha value is -1.58. The first-order valence-electron chi connectivity index (χ1n) is 5.62. The molecule has 1 aromatic heterocycles. The zero-order valence-corrected chi connectivity index (χ0v) is 10.8. The molecule has 4 heteroatoms. The zero-order chi connectivity index (χ0) is 13.0. The molecule has 0 aliphatic rings. The zero-order valence-electron chi connectivity index (χ0n) is 10.0. The van der Waals surface area contributed by atoms with Crippen molar-refractivity contribution in [2.75, 3.05) is 7.11 Å². The molecule has 0 aliphatic heterocycles. The van der Waals surface area contributed by atoms with Crippen LogP contribution in [0.25, 0.3) is 0 Å². The van der Waals surface area contributed by atoms with Gasteiger partial charge in [-0.1, -0.05) is 23.7 Å². The highest BCUT2D eigenvalue weighted by molar-refractivity contribution is 6.30.